The number of aliphatic carboxylic acids is 1. The number of aromatic nitrogens is 1. The van der Waals surface area contributed by atoms with Gasteiger partial charge in [0.2, 0.25) is 0 Å². The quantitative estimate of drug-likeness (QED) is 0.830. The highest BCUT2D eigenvalue weighted by Gasteiger charge is 2.18. The third-order valence-electron chi connectivity index (χ3n) is 2.43. The zero-order chi connectivity index (χ0) is 16.4. The minimum atomic E-state index is -1.25. The molecular formula is C16H18ClNO5. The maximum absolute atomic E-state index is 11.6. The van der Waals surface area contributed by atoms with Gasteiger partial charge in [0.1, 0.15) is 6.61 Å². The average Bonchev–Trinajstić information content (AvgIpc) is 2.53. The van der Waals surface area contributed by atoms with E-state index in [-0.39, 0.29) is 19.0 Å². The lowest BCUT2D eigenvalue weighted by Gasteiger charge is -2.10. The van der Waals surface area contributed by atoms with Crippen LogP contribution < -0.4 is 0 Å². The number of benzene rings is 1. The first kappa shape index (κ1) is 20.6. The van der Waals surface area contributed by atoms with Crippen molar-refractivity contribution in [1.82, 2.24) is 4.98 Å². The number of aliphatic hydroxyl groups is 1. The second-order valence-electron chi connectivity index (χ2n) is 4.26. The molecule has 2 aromatic rings. The molecule has 0 aliphatic rings. The first-order valence-electron chi connectivity index (χ1n) is 6.49. The van der Waals surface area contributed by atoms with E-state index in [9.17, 15) is 9.90 Å². The summed E-state index contributed by atoms with van der Waals surface area (Å²) in [4.78, 5) is 24.6. The predicted molar refractivity (Wildman–Crippen MR) is 86.0 cm³/mol. The number of carboxylic acid groups (broad SMARTS) is 1. The van der Waals surface area contributed by atoms with Crippen LogP contribution in [0, 0.1) is 0 Å². The number of aliphatic hydroxyl groups excluding tert-OH is 1. The zero-order valence-electron chi connectivity index (χ0n) is 12.5. The Labute approximate surface area is 140 Å². The number of carboxylic acids is 1. The molecule has 0 bridgehead atoms. The van der Waals surface area contributed by atoms with E-state index in [1.54, 1.807) is 42.6 Å². The number of esters is 1. The lowest BCUT2D eigenvalue weighted by Crippen LogP contribution is -2.15. The number of hydrogen-bond donors (Lipinski definition) is 2. The van der Waals surface area contributed by atoms with Crippen LogP contribution in [0.3, 0.4) is 0 Å². The van der Waals surface area contributed by atoms with Gasteiger partial charge in [-0.15, -0.1) is 12.4 Å². The molecule has 0 aliphatic heterocycles. The van der Waals surface area contributed by atoms with Crippen molar-refractivity contribution in [2.45, 2.75) is 19.6 Å². The number of hydrogen-bond acceptors (Lipinski definition) is 5. The SMILES string of the molecule is CC(=O)O.Cl.O=C(OCc1ccccn1)C(O)c1ccccc1. The summed E-state index contributed by atoms with van der Waals surface area (Å²) in [5.74, 6) is -1.51. The lowest BCUT2D eigenvalue weighted by atomic mass is 10.1. The van der Waals surface area contributed by atoms with E-state index < -0.39 is 18.0 Å². The Morgan fingerprint density at radius 2 is 1.70 bits per heavy atom. The van der Waals surface area contributed by atoms with Gasteiger partial charge >= 0.3 is 5.97 Å². The van der Waals surface area contributed by atoms with E-state index in [4.69, 9.17) is 14.6 Å². The van der Waals surface area contributed by atoms with Crippen molar-refractivity contribution in [3.8, 4) is 0 Å². The molecule has 0 saturated heterocycles. The molecule has 2 N–H and O–H groups in total. The van der Waals surface area contributed by atoms with Crippen LogP contribution in [-0.4, -0.2) is 27.1 Å². The third-order valence-corrected chi connectivity index (χ3v) is 2.43. The molecule has 124 valence electrons. The molecule has 0 aliphatic carbocycles. The first-order valence-corrected chi connectivity index (χ1v) is 6.49. The molecule has 1 aromatic carbocycles. The summed E-state index contributed by atoms with van der Waals surface area (Å²) in [7, 11) is 0. The summed E-state index contributed by atoms with van der Waals surface area (Å²) in [5.41, 5.74) is 1.16. The normalized spacial score (nSPS) is 10.3. The molecule has 0 radical (unpaired) electrons. The number of carbonyl (C=O) groups excluding carboxylic acids is 1. The molecule has 0 fully saturated rings. The number of ether oxygens (including phenoxy) is 1. The fourth-order valence-electron chi connectivity index (χ4n) is 1.48. The van der Waals surface area contributed by atoms with Crippen LogP contribution in [0.15, 0.2) is 54.7 Å². The van der Waals surface area contributed by atoms with Gasteiger partial charge in [0.25, 0.3) is 5.97 Å². The summed E-state index contributed by atoms with van der Waals surface area (Å²) in [6.07, 6.45) is 0.367. The molecule has 1 heterocycles. The van der Waals surface area contributed by atoms with Crippen molar-refractivity contribution in [2.24, 2.45) is 0 Å². The largest absolute Gasteiger partial charge is 0.481 e. The summed E-state index contributed by atoms with van der Waals surface area (Å²) < 4.78 is 4.99. The van der Waals surface area contributed by atoms with Crippen LogP contribution in [0.25, 0.3) is 0 Å². The van der Waals surface area contributed by atoms with Crippen molar-refractivity contribution in [3.63, 3.8) is 0 Å². The standard InChI is InChI=1S/C14H13NO3.C2H4O2.ClH/c16-13(11-6-2-1-3-7-11)14(17)18-10-12-8-4-5-9-15-12;1-2(3)4;/h1-9,13,16H,10H2;1H3,(H,3,4);1H. The van der Waals surface area contributed by atoms with Crippen molar-refractivity contribution >= 4 is 24.3 Å². The minimum Gasteiger partial charge on any atom is -0.481 e. The zero-order valence-corrected chi connectivity index (χ0v) is 13.3. The molecule has 23 heavy (non-hydrogen) atoms. The maximum atomic E-state index is 11.6. The molecule has 1 unspecified atom stereocenters. The van der Waals surface area contributed by atoms with E-state index in [1.165, 1.54) is 0 Å². The highest BCUT2D eigenvalue weighted by Crippen LogP contribution is 2.14. The van der Waals surface area contributed by atoms with Crippen LogP contribution in [0.2, 0.25) is 0 Å². The maximum Gasteiger partial charge on any atom is 0.340 e. The summed E-state index contributed by atoms with van der Waals surface area (Å²) in [6, 6.07) is 14.0. The highest BCUT2D eigenvalue weighted by atomic mass is 35.5. The van der Waals surface area contributed by atoms with Crippen molar-refractivity contribution in [1.29, 1.82) is 0 Å². The van der Waals surface area contributed by atoms with Gasteiger partial charge in [0, 0.05) is 13.1 Å². The molecule has 1 aromatic heterocycles. The Morgan fingerprint density at radius 3 is 2.22 bits per heavy atom. The lowest BCUT2D eigenvalue weighted by molar-refractivity contribution is -0.155. The van der Waals surface area contributed by atoms with Crippen molar-refractivity contribution in [3.05, 3.63) is 66.0 Å². The van der Waals surface area contributed by atoms with E-state index in [2.05, 4.69) is 4.98 Å². The summed E-state index contributed by atoms with van der Waals surface area (Å²) in [5, 5.41) is 17.2. The van der Waals surface area contributed by atoms with Crippen LogP contribution in [0.5, 0.6) is 0 Å². The van der Waals surface area contributed by atoms with Gasteiger partial charge in [-0.25, -0.2) is 4.79 Å². The topological polar surface area (TPSA) is 96.7 Å². The highest BCUT2D eigenvalue weighted by molar-refractivity contribution is 5.85. The van der Waals surface area contributed by atoms with Gasteiger partial charge in [0.05, 0.1) is 5.69 Å². The average molecular weight is 340 g/mol. The van der Waals surface area contributed by atoms with E-state index in [1.807, 2.05) is 12.1 Å². The number of nitrogens with zero attached hydrogens (tertiary/aromatic N) is 1. The number of halogens is 1. The second kappa shape index (κ2) is 11.2. The van der Waals surface area contributed by atoms with Gasteiger partial charge < -0.3 is 14.9 Å². The van der Waals surface area contributed by atoms with Crippen LogP contribution >= 0.6 is 12.4 Å². The van der Waals surface area contributed by atoms with Gasteiger partial charge in [-0.2, -0.15) is 0 Å². The Kier molecular flexibility index (Phi) is 9.99. The number of pyridine rings is 1. The van der Waals surface area contributed by atoms with Crippen LogP contribution in [0.4, 0.5) is 0 Å². The Balaban J connectivity index is 0.000000871. The molecule has 0 spiro atoms. The van der Waals surface area contributed by atoms with E-state index in [0.29, 0.717) is 11.3 Å². The van der Waals surface area contributed by atoms with Crippen LogP contribution in [0.1, 0.15) is 24.3 Å². The molecular weight excluding hydrogens is 322 g/mol. The Hall–Kier alpha value is -2.44. The molecule has 2 rings (SSSR count). The minimum absolute atomic E-state index is 0. The van der Waals surface area contributed by atoms with Gasteiger partial charge in [-0.1, -0.05) is 36.4 Å². The Bertz CT molecular complexity index is 588. The van der Waals surface area contributed by atoms with Crippen molar-refractivity contribution < 1.29 is 24.5 Å². The summed E-state index contributed by atoms with van der Waals surface area (Å²) in [6.45, 7) is 1.14. The third kappa shape index (κ3) is 8.55. The monoisotopic (exact) mass is 339 g/mol. The summed E-state index contributed by atoms with van der Waals surface area (Å²) >= 11 is 0. The second-order valence-corrected chi connectivity index (χ2v) is 4.26. The molecule has 0 saturated carbocycles. The number of rotatable bonds is 4. The fraction of sp³-hybridized carbons (Fsp3) is 0.188. The first-order chi connectivity index (χ1) is 10.5. The van der Waals surface area contributed by atoms with Crippen molar-refractivity contribution in [2.75, 3.05) is 0 Å². The molecule has 6 nitrogen and oxygen atoms in total. The van der Waals surface area contributed by atoms with E-state index >= 15 is 0 Å². The smallest absolute Gasteiger partial charge is 0.340 e. The predicted octanol–water partition coefficient (Wildman–Crippen LogP) is 2.37. The van der Waals surface area contributed by atoms with E-state index in [0.717, 1.165) is 6.92 Å². The molecule has 1 atom stereocenters. The fourth-order valence-corrected chi connectivity index (χ4v) is 1.48. The molecule has 7 heteroatoms. The molecule has 0 amide bonds. The Morgan fingerprint density at radius 1 is 1.13 bits per heavy atom. The van der Waals surface area contributed by atoms with Gasteiger partial charge in [-0.3, -0.25) is 9.78 Å². The number of carbonyl (C=O) groups is 2. The van der Waals surface area contributed by atoms with Gasteiger partial charge in [-0.05, 0) is 17.7 Å². The van der Waals surface area contributed by atoms with Crippen LogP contribution in [-0.2, 0) is 20.9 Å². The van der Waals surface area contributed by atoms with Gasteiger partial charge in [0.15, 0.2) is 6.10 Å².